The SMILES string of the molecule is C[C@H]1CN(C(=O)OCC(F)(F)F)CCN1c1ncnc2c1C1(CCC1)CN2c1cc(C#N)ccn1. The number of fused-ring (bicyclic) bond motifs is 2. The van der Waals surface area contributed by atoms with Gasteiger partial charge in [-0.15, -0.1) is 0 Å². The molecule has 35 heavy (non-hydrogen) atoms. The van der Waals surface area contributed by atoms with E-state index < -0.39 is 18.9 Å². The van der Waals surface area contributed by atoms with E-state index in [1.165, 1.54) is 11.2 Å². The molecule has 0 N–H and O–H groups in total. The molecule has 1 saturated carbocycles. The number of nitrogens with zero attached hydrogens (tertiary/aromatic N) is 7. The molecule has 2 fully saturated rings. The number of alkyl halides is 3. The fraction of sp³-hybridized carbons (Fsp3) is 0.522. The summed E-state index contributed by atoms with van der Waals surface area (Å²) >= 11 is 0. The number of carbonyl (C=O) groups excluding carboxylic acids is 1. The van der Waals surface area contributed by atoms with Crippen LogP contribution in [-0.4, -0.2) is 70.9 Å². The topological polar surface area (TPSA) is 98.5 Å². The number of pyridine rings is 1. The fourth-order valence-electron chi connectivity index (χ4n) is 5.23. The summed E-state index contributed by atoms with van der Waals surface area (Å²) in [5, 5.41) is 9.32. The van der Waals surface area contributed by atoms with Gasteiger partial charge in [0.05, 0.1) is 11.6 Å². The average molecular weight is 487 g/mol. The number of anilines is 3. The van der Waals surface area contributed by atoms with Crippen molar-refractivity contribution < 1.29 is 22.7 Å². The number of nitriles is 1. The lowest BCUT2D eigenvalue weighted by atomic mass is 9.66. The quantitative estimate of drug-likeness (QED) is 0.649. The molecule has 2 aromatic heterocycles. The van der Waals surface area contributed by atoms with Gasteiger partial charge >= 0.3 is 12.3 Å². The van der Waals surface area contributed by atoms with E-state index >= 15 is 0 Å². The van der Waals surface area contributed by atoms with Crippen LogP contribution in [-0.2, 0) is 10.2 Å². The number of piperazine rings is 1. The Hall–Kier alpha value is -3.62. The van der Waals surface area contributed by atoms with E-state index in [9.17, 15) is 23.2 Å². The predicted octanol–water partition coefficient (Wildman–Crippen LogP) is 3.53. The molecule has 9 nitrogen and oxygen atoms in total. The number of halogens is 3. The number of hydrogen-bond donors (Lipinski definition) is 0. The molecule has 5 rings (SSSR count). The van der Waals surface area contributed by atoms with Crippen molar-refractivity contribution in [3.8, 4) is 6.07 Å². The number of amides is 1. The van der Waals surface area contributed by atoms with Crippen molar-refractivity contribution in [3.05, 3.63) is 35.8 Å². The van der Waals surface area contributed by atoms with Crippen LogP contribution in [0, 0.1) is 11.3 Å². The second kappa shape index (κ2) is 8.55. The molecule has 0 radical (unpaired) electrons. The molecule has 4 heterocycles. The minimum atomic E-state index is -4.56. The molecule has 1 atom stereocenters. The normalized spacial score (nSPS) is 20.9. The van der Waals surface area contributed by atoms with E-state index in [-0.39, 0.29) is 24.5 Å². The van der Waals surface area contributed by atoms with Gasteiger partial charge in [-0.2, -0.15) is 18.4 Å². The molecule has 1 aliphatic carbocycles. The first-order chi connectivity index (χ1) is 16.7. The maximum Gasteiger partial charge on any atom is 0.422 e. The minimum Gasteiger partial charge on any atom is -0.440 e. The van der Waals surface area contributed by atoms with Gasteiger partial charge in [-0.3, -0.25) is 0 Å². The molecule has 1 spiro atoms. The molecule has 1 saturated heterocycles. The number of hydrogen-bond acceptors (Lipinski definition) is 8. The summed E-state index contributed by atoms with van der Waals surface area (Å²) in [5.74, 6) is 2.20. The number of rotatable bonds is 3. The summed E-state index contributed by atoms with van der Waals surface area (Å²) in [6.07, 6.45) is 0.632. The van der Waals surface area contributed by atoms with Crippen LogP contribution in [0.25, 0.3) is 0 Å². The summed E-state index contributed by atoms with van der Waals surface area (Å²) in [6.45, 7) is 1.85. The second-order valence-electron chi connectivity index (χ2n) is 9.29. The molecule has 1 amide bonds. The van der Waals surface area contributed by atoms with Crippen LogP contribution in [0.4, 0.5) is 35.4 Å². The lowest BCUT2D eigenvalue weighted by molar-refractivity contribution is -0.162. The fourth-order valence-corrected chi connectivity index (χ4v) is 5.23. The molecule has 0 bridgehead atoms. The highest BCUT2D eigenvalue weighted by Gasteiger charge is 2.51. The van der Waals surface area contributed by atoms with Gasteiger partial charge in [0.2, 0.25) is 0 Å². The Bertz CT molecular complexity index is 1180. The third-order valence-electron chi connectivity index (χ3n) is 7.03. The van der Waals surface area contributed by atoms with Crippen molar-refractivity contribution >= 4 is 23.5 Å². The molecule has 0 unspecified atom stereocenters. The summed E-state index contributed by atoms with van der Waals surface area (Å²) < 4.78 is 41.7. The van der Waals surface area contributed by atoms with Crippen LogP contribution in [0.3, 0.4) is 0 Å². The van der Waals surface area contributed by atoms with E-state index in [0.717, 1.165) is 36.5 Å². The van der Waals surface area contributed by atoms with Gasteiger partial charge in [-0.05, 0) is 31.9 Å². The monoisotopic (exact) mass is 487 g/mol. The Morgan fingerprint density at radius 1 is 1.26 bits per heavy atom. The zero-order valence-electron chi connectivity index (χ0n) is 19.1. The minimum absolute atomic E-state index is 0.126. The Morgan fingerprint density at radius 3 is 2.69 bits per heavy atom. The van der Waals surface area contributed by atoms with E-state index in [4.69, 9.17) is 0 Å². The number of carbonyl (C=O) groups is 1. The summed E-state index contributed by atoms with van der Waals surface area (Å²) in [4.78, 5) is 31.3. The first-order valence-electron chi connectivity index (χ1n) is 11.4. The summed E-state index contributed by atoms with van der Waals surface area (Å²) in [6, 6.07) is 5.37. The van der Waals surface area contributed by atoms with Crippen molar-refractivity contribution in [1.29, 1.82) is 5.26 Å². The third-order valence-corrected chi connectivity index (χ3v) is 7.03. The van der Waals surface area contributed by atoms with Gasteiger partial charge in [0.25, 0.3) is 0 Å². The van der Waals surface area contributed by atoms with Crippen molar-refractivity contribution in [3.63, 3.8) is 0 Å². The molecule has 2 aliphatic heterocycles. The molecule has 3 aliphatic rings. The number of aromatic nitrogens is 3. The van der Waals surface area contributed by atoms with Crippen molar-refractivity contribution in [2.45, 2.75) is 43.8 Å². The van der Waals surface area contributed by atoms with E-state index in [2.05, 4.69) is 30.7 Å². The van der Waals surface area contributed by atoms with E-state index in [0.29, 0.717) is 24.5 Å². The van der Waals surface area contributed by atoms with Crippen LogP contribution < -0.4 is 9.80 Å². The van der Waals surface area contributed by atoms with E-state index in [1.807, 2.05) is 11.8 Å². The Kier molecular flexibility index (Phi) is 5.65. The molecule has 2 aromatic rings. The smallest absolute Gasteiger partial charge is 0.422 e. The lowest BCUT2D eigenvalue weighted by Crippen LogP contribution is -2.55. The second-order valence-corrected chi connectivity index (χ2v) is 9.29. The van der Waals surface area contributed by atoms with Gasteiger partial charge in [0, 0.05) is 49.4 Å². The standard InChI is InChI=1S/C23H24F3N7O2/c1-15-11-31(21(34)35-13-23(24,25)26)7-8-32(15)19-18-20(30-14-29-19)33(12-22(18)4-2-5-22)17-9-16(10-27)3-6-28-17/h3,6,9,14-15H,2,4-5,7-8,11-13H2,1H3/t15-/m0/s1. The maximum absolute atomic E-state index is 12.4. The van der Waals surface area contributed by atoms with E-state index in [1.54, 1.807) is 18.3 Å². The van der Waals surface area contributed by atoms with Crippen LogP contribution >= 0.6 is 0 Å². The highest BCUT2D eigenvalue weighted by molar-refractivity contribution is 5.75. The zero-order valence-corrected chi connectivity index (χ0v) is 19.1. The maximum atomic E-state index is 12.4. The third kappa shape index (κ3) is 4.19. The highest BCUT2D eigenvalue weighted by Crippen LogP contribution is 2.56. The van der Waals surface area contributed by atoms with Crippen LogP contribution in [0.1, 0.15) is 37.3 Å². The average Bonchev–Trinajstić information content (AvgIpc) is 3.19. The highest BCUT2D eigenvalue weighted by atomic mass is 19.4. The first kappa shape index (κ1) is 23.1. The largest absolute Gasteiger partial charge is 0.440 e. The van der Waals surface area contributed by atoms with Gasteiger partial charge in [0.15, 0.2) is 6.61 Å². The predicted molar refractivity (Wildman–Crippen MR) is 119 cm³/mol. The molecular formula is C23H24F3N7O2. The van der Waals surface area contributed by atoms with Gasteiger partial charge in [-0.25, -0.2) is 19.7 Å². The van der Waals surface area contributed by atoms with Crippen molar-refractivity contribution in [1.82, 2.24) is 19.9 Å². The Labute approximate surface area is 200 Å². The van der Waals surface area contributed by atoms with Crippen LogP contribution in [0.2, 0.25) is 0 Å². The molecule has 184 valence electrons. The Morgan fingerprint density at radius 2 is 2.03 bits per heavy atom. The molecule has 12 heteroatoms. The molecular weight excluding hydrogens is 463 g/mol. The van der Waals surface area contributed by atoms with Crippen molar-refractivity contribution in [2.24, 2.45) is 0 Å². The molecule has 0 aromatic carbocycles. The number of ether oxygens (including phenoxy) is 1. The summed E-state index contributed by atoms with van der Waals surface area (Å²) in [7, 11) is 0. The van der Waals surface area contributed by atoms with Gasteiger partial charge < -0.3 is 19.4 Å². The summed E-state index contributed by atoms with van der Waals surface area (Å²) in [5.41, 5.74) is 1.43. The van der Waals surface area contributed by atoms with Gasteiger partial charge in [-0.1, -0.05) is 6.42 Å². The van der Waals surface area contributed by atoms with Crippen LogP contribution in [0.5, 0.6) is 0 Å². The first-order valence-corrected chi connectivity index (χ1v) is 11.4. The Balaban J connectivity index is 1.41. The zero-order chi connectivity index (χ0) is 24.8. The lowest BCUT2D eigenvalue weighted by Gasteiger charge is -2.44. The van der Waals surface area contributed by atoms with Crippen molar-refractivity contribution in [2.75, 3.05) is 42.6 Å². The van der Waals surface area contributed by atoms with Crippen LogP contribution in [0.15, 0.2) is 24.7 Å². The van der Waals surface area contributed by atoms with Gasteiger partial charge in [0.1, 0.15) is 23.8 Å².